The molecule has 0 fully saturated rings. The lowest BCUT2D eigenvalue weighted by Crippen LogP contribution is -2.56. The van der Waals surface area contributed by atoms with Crippen LogP contribution in [0.4, 0.5) is 4.79 Å². The van der Waals surface area contributed by atoms with Crippen LogP contribution in [-0.4, -0.2) is 57.3 Å². The number of nitrogens with zero attached hydrogens (tertiary/aromatic N) is 1. The van der Waals surface area contributed by atoms with Gasteiger partial charge in [0.15, 0.2) is 0 Å². The normalized spacial score (nSPS) is 13.7. The number of phenols is 1. The molecule has 9 heteroatoms. The minimum Gasteiger partial charge on any atom is -0.507 e. The Balaban J connectivity index is 2.49. The number of aryl methyl sites for hydroxylation is 1. The number of aliphatic hydroxyl groups is 1. The van der Waals surface area contributed by atoms with Crippen LogP contribution in [0.2, 0.25) is 0 Å². The van der Waals surface area contributed by atoms with Gasteiger partial charge in [0, 0.05) is 18.2 Å². The lowest BCUT2D eigenvalue weighted by atomic mass is 9.97. The molecule has 0 spiro atoms. The number of phenolic OH excluding ortho intramolecular Hbond substituents is 1. The highest BCUT2D eigenvalue weighted by molar-refractivity contribution is 5.93. The van der Waals surface area contributed by atoms with Crippen LogP contribution < -0.4 is 10.6 Å². The SMILES string of the molecule is CCC(C)N(C(=O)C(CO)NC(=O)OC(C)(C)C)C(C(=O)NCc1ccccc1)c1cccc(C)c1O. The highest BCUT2D eigenvalue weighted by Gasteiger charge is 2.39. The van der Waals surface area contributed by atoms with Gasteiger partial charge in [0.1, 0.15) is 23.4 Å². The summed E-state index contributed by atoms with van der Waals surface area (Å²) >= 11 is 0. The number of carbonyl (C=O) groups is 3. The number of aromatic hydroxyl groups is 1. The molecule has 0 heterocycles. The molecule has 0 saturated carbocycles. The van der Waals surface area contributed by atoms with E-state index in [1.165, 1.54) is 4.90 Å². The summed E-state index contributed by atoms with van der Waals surface area (Å²) in [7, 11) is 0. The van der Waals surface area contributed by atoms with Crippen LogP contribution in [0.15, 0.2) is 48.5 Å². The first kappa shape index (κ1) is 29.6. The molecule has 0 aromatic heterocycles. The second kappa shape index (κ2) is 13.1. The van der Waals surface area contributed by atoms with Gasteiger partial charge in [-0.25, -0.2) is 4.79 Å². The van der Waals surface area contributed by atoms with Crippen molar-refractivity contribution < 1.29 is 29.3 Å². The van der Waals surface area contributed by atoms with Gasteiger partial charge < -0.3 is 30.5 Å². The predicted molar refractivity (Wildman–Crippen MR) is 141 cm³/mol. The van der Waals surface area contributed by atoms with Crippen molar-refractivity contribution in [1.82, 2.24) is 15.5 Å². The van der Waals surface area contributed by atoms with Gasteiger partial charge in [0.2, 0.25) is 11.8 Å². The van der Waals surface area contributed by atoms with E-state index in [2.05, 4.69) is 10.6 Å². The van der Waals surface area contributed by atoms with Crippen LogP contribution in [0.3, 0.4) is 0 Å². The summed E-state index contributed by atoms with van der Waals surface area (Å²) in [6.45, 7) is 9.88. The van der Waals surface area contributed by atoms with Crippen molar-refractivity contribution in [3.8, 4) is 5.75 Å². The Morgan fingerprint density at radius 1 is 1.05 bits per heavy atom. The molecule has 0 radical (unpaired) electrons. The molecular formula is C28H39N3O6. The molecule has 2 rings (SSSR count). The zero-order valence-corrected chi connectivity index (χ0v) is 22.4. The van der Waals surface area contributed by atoms with E-state index in [-0.39, 0.29) is 17.9 Å². The second-order valence-electron chi connectivity index (χ2n) is 10.0. The zero-order valence-electron chi connectivity index (χ0n) is 22.4. The summed E-state index contributed by atoms with van der Waals surface area (Å²) < 4.78 is 5.25. The van der Waals surface area contributed by atoms with E-state index in [9.17, 15) is 24.6 Å². The Morgan fingerprint density at radius 3 is 2.27 bits per heavy atom. The molecular weight excluding hydrogens is 474 g/mol. The number of carbonyl (C=O) groups excluding carboxylic acids is 3. The van der Waals surface area contributed by atoms with Gasteiger partial charge in [-0.05, 0) is 52.2 Å². The highest BCUT2D eigenvalue weighted by atomic mass is 16.6. The van der Waals surface area contributed by atoms with E-state index >= 15 is 0 Å². The number of benzene rings is 2. The Kier molecular flexibility index (Phi) is 10.5. The van der Waals surface area contributed by atoms with Crippen molar-refractivity contribution in [3.63, 3.8) is 0 Å². The molecule has 3 amide bonds. The fourth-order valence-electron chi connectivity index (χ4n) is 3.81. The average molecular weight is 514 g/mol. The lowest BCUT2D eigenvalue weighted by molar-refractivity contribution is -0.146. The molecule has 202 valence electrons. The molecule has 3 atom stereocenters. The zero-order chi connectivity index (χ0) is 27.8. The largest absolute Gasteiger partial charge is 0.507 e. The van der Waals surface area contributed by atoms with Crippen molar-refractivity contribution >= 4 is 17.9 Å². The molecule has 4 N–H and O–H groups in total. The number of ether oxygens (including phenoxy) is 1. The van der Waals surface area contributed by atoms with Gasteiger partial charge >= 0.3 is 6.09 Å². The predicted octanol–water partition coefficient (Wildman–Crippen LogP) is 3.57. The molecule has 2 aromatic rings. The molecule has 3 unspecified atom stereocenters. The van der Waals surface area contributed by atoms with Crippen molar-refractivity contribution in [2.75, 3.05) is 6.61 Å². The third-order valence-electron chi connectivity index (χ3n) is 5.89. The molecule has 37 heavy (non-hydrogen) atoms. The molecule has 0 saturated heterocycles. The van der Waals surface area contributed by atoms with Crippen molar-refractivity contribution in [1.29, 1.82) is 0 Å². The first-order chi connectivity index (χ1) is 17.4. The Bertz CT molecular complexity index is 1070. The third-order valence-corrected chi connectivity index (χ3v) is 5.89. The number of aliphatic hydroxyl groups excluding tert-OH is 1. The molecule has 0 bridgehead atoms. The van der Waals surface area contributed by atoms with E-state index in [1.807, 2.05) is 37.3 Å². The van der Waals surface area contributed by atoms with E-state index in [0.717, 1.165) is 5.56 Å². The van der Waals surface area contributed by atoms with Crippen LogP contribution >= 0.6 is 0 Å². The first-order valence-corrected chi connectivity index (χ1v) is 12.4. The van der Waals surface area contributed by atoms with Crippen molar-refractivity contribution in [2.24, 2.45) is 0 Å². The van der Waals surface area contributed by atoms with E-state index in [4.69, 9.17) is 4.74 Å². The summed E-state index contributed by atoms with van der Waals surface area (Å²) in [5.41, 5.74) is 0.842. The van der Waals surface area contributed by atoms with Gasteiger partial charge in [-0.3, -0.25) is 9.59 Å². The molecule has 0 aliphatic rings. The number of alkyl carbamates (subject to hydrolysis) is 1. The average Bonchev–Trinajstić information content (AvgIpc) is 2.85. The number of para-hydroxylation sites is 1. The lowest BCUT2D eigenvalue weighted by Gasteiger charge is -2.38. The molecule has 2 aromatic carbocycles. The van der Waals surface area contributed by atoms with Gasteiger partial charge in [0.05, 0.1) is 6.61 Å². The maximum absolute atomic E-state index is 13.8. The molecule has 0 aliphatic carbocycles. The van der Waals surface area contributed by atoms with Gasteiger partial charge in [-0.2, -0.15) is 0 Å². The third kappa shape index (κ3) is 8.21. The maximum atomic E-state index is 13.8. The quantitative estimate of drug-likeness (QED) is 0.385. The first-order valence-electron chi connectivity index (χ1n) is 12.4. The standard InChI is InChI=1S/C28H39N3O6/c1-7-19(3)31(26(35)22(17-32)30-27(36)37-28(4,5)6)23(21-15-11-12-18(2)24(21)33)25(34)29-16-20-13-9-8-10-14-20/h8-15,19,22-23,32-33H,7,16-17H2,1-6H3,(H,29,34)(H,30,36). The molecule has 9 nitrogen and oxygen atoms in total. The summed E-state index contributed by atoms with van der Waals surface area (Å²) in [5.74, 6) is -1.29. The summed E-state index contributed by atoms with van der Waals surface area (Å²) in [6, 6.07) is 11.2. The summed E-state index contributed by atoms with van der Waals surface area (Å²) in [5, 5.41) is 26.2. The van der Waals surface area contributed by atoms with Crippen LogP contribution in [0.1, 0.15) is 63.8 Å². The Labute approximate surface area is 218 Å². The Morgan fingerprint density at radius 2 is 1.70 bits per heavy atom. The number of hydrogen-bond acceptors (Lipinski definition) is 6. The maximum Gasteiger partial charge on any atom is 0.408 e. The number of nitrogens with one attached hydrogen (secondary N) is 2. The van der Waals surface area contributed by atoms with Crippen LogP contribution in [-0.2, 0) is 20.9 Å². The summed E-state index contributed by atoms with van der Waals surface area (Å²) in [4.78, 5) is 41.2. The number of rotatable bonds is 10. The van der Waals surface area contributed by atoms with E-state index in [1.54, 1.807) is 52.8 Å². The van der Waals surface area contributed by atoms with Gasteiger partial charge in [-0.15, -0.1) is 0 Å². The minimum absolute atomic E-state index is 0.107. The van der Waals surface area contributed by atoms with Crippen LogP contribution in [0.25, 0.3) is 0 Å². The second-order valence-corrected chi connectivity index (χ2v) is 10.0. The minimum atomic E-state index is -1.36. The van der Waals surface area contributed by atoms with E-state index < -0.39 is 48.2 Å². The van der Waals surface area contributed by atoms with Crippen molar-refractivity contribution in [3.05, 3.63) is 65.2 Å². The number of hydrogen-bond donors (Lipinski definition) is 4. The summed E-state index contributed by atoms with van der Waals surface area (Å²) in [6.07, 6.45) is -0.391. The highest BCUT2D eigenvalue weighted by Crippen LogP contribution is 2.34. The Hall–Kier alpha value is -3.59. The van der Waals surface area contributed by atoms with Crippen LogP contribution in [0, 0.1) is 6.92 Å². The monoisotopic (exact) mass is 513 g/mol. The van der Waals surface area contributed by atoms with Gasteiger partial charge in [0.25, 0.3) is 0 Å². The van der Waals surface area contributed by atoms with E-state index in [0.29, 0.717) is 12.0 Å². The van der Waals surface area contributed by atoms with Gasteiger partial charge in [-0.1, -0.05) is 55.5 Å². The fraction of sp³-hybridized carbons (Fsp3) is 0.464. The fourth-order valence-corrected chi connectivity index (χ4v) is 3.81. The smallest absolute Gasteiger partial charge is 0.408 e. The topological polar surface area (TPSA) is 128 Å². The number of amides is 3. The van der Waals surface area contributed by atoms with Crippen LogP contribution in [0.5, 0.6) is 5.75 Å². The molecule has 0 aliphatic heterocycles. The van der Waals surface area contributed by atoms with Crippen molar-refractivity contribution in [2.45, 2.75) is 78.2 Å².